The predicted molar refractivity (Wildman–Crippen MR) is 33.2 cm³/mol. The molecule has 0 aromatic carbocycles. The molecular formula is C6H12O4. The van der Waals surface area contributed by atoms with Gasteiger partial charge in [0.15, 0.2) is 6.29 Å². The lowest BCUT2D eigenvalue weighted by Crippen LogP contribution is -2.46. The van der Waals surface area contributed by atoms with Crippen LogP contribution in [0, 0.1) is 0 Å². The highest BCUT2D eigenvalue weighted by Crippen LogP contribution is 2.17. The van der Waals surface area contributed by atoms with Gasteiger partial charge in [-0.15, -0.1) is 0 Å². The standard InChI is InChI=1S/C6H12O4/c1-3-6(9)4(7)2-5(8)10-3/h3-9H,2H2,1H3/t3-,4-,5-,6+/m1/s1. The fourth-order valence-corrected chi connectivity index (χ4v) is 1.04. The second kappa shape index (κ2) is 2.84. The van der Waals surface area contributed by atoms with Gasteiger partial charge in [0.25, 0.3) is 0 Å². The Labute approximate surface area is 59.1 Å². The van der Waals surface area contributed by atoms with Crippen LogP contribution in [0.5, 0.6) is 0 Å². The average Bonchev–Trinajstić information content (AvgIpc) is 1.82. The maximum absolute atomic E-state index is 9.08. The highest BCUT2D eigenvalue weighted by atomic mass is 16.6. The fourth-order valence-electron chi connectivity index (χ4n) is 1.04. The summed E-state index contributed by atoms with van der Waals surface area (Å²) in [4.78, 5) is 0. The number of aliphatic hydroxyl groups excluding tert-OH is 3. The van der Waals surface area contributed by atoms with E-state index >= 15 is 0 Å². The van der Waals surface area contributed by atoms with Crippen molar-refractivity contribution in [2.45, 2.75) is 37.9 Å². The zero-order valence-electron chi connectivity index (χ0n) is 5.77. The summed E-state index contributed by atoms with van der Waals surface area (Å²) in [7, 11) is 0. The largest absolute Gasteiger partial charge is 0.390 e. The molecule has 0 bridgehead atoms. The summed E-state index contributed by atoms with van der Waals surface area (Å²) in [6.45, 7) is 1.61. The molecule has 1 aliphatic rings. The smallest absolute Gasteiger partial charge is 0.157 e. The van der Waals surface area contributed by atoms with Crippen molar-refractivity contribution in [1.29, 1.82) is 0 Å². The number of aliphatic hydroxyl groups is 3. The van der Waals surface area contributed by atoms with Gasteiger partial charge in [-0.3, -0.25) is 0 Å². The minimum Gasteiger partial charge on any atom is -0.390 e. The van der Waals surface area contributed by atoms with Crippen molar-refractivity contribution in [3.8, 4) is 0 Å². The molecule has 0 aromatic heterocycles. The number of hydrogen-bond acceptors (Lipinski definition) is 4. The highest BCUT2D eigenvalue weighted by molar-refractivity contribution is 4.78. The summed E-state index contributed by atoms with van der Waals surface area (Å²) in [5, 5.41) is 27.0. The van der Waals surface area contributed by atoms with Crippen molar-refractivity contribution in [3.63, 3.8) is 0 Å². The third kappa shape index (κ3) is 1.46. The van der Waals surface area contributed by atoms with Gasteiger partial charge in [-0.05, 0) is 6.92 Å². The van der Waals surface area contributed by atoms with Crippen LogP contribution >= 0.6 is 0 Å². The van der Waals surface area contributed by atoms with Crippen LogP contribution in [0.1, 0.15) is 13.3 Å². The molecule has 0 spiro atoms. The molecule has 1 saturated heterocycles. The summed E-state index contributed by atoms with van der Waals surface area (Å²) in [6.07, 6.45) is -3.07. The molecule has 10 heavy (non-hydrogen) atoms. The number of rotatable bonds is 0. The van der Waals surface area contributed by atoms with Crippen molar-refractivity contribution in [1.82, 2.24) is 0 Å². The molecule has 4 heteroatoms. The Balaban J connectivity index is 2.49. The van der Waals surface area contributed by atoms with Crippen LogP contribution in [-0.2, 0) is 4.74 Å². The Bertz CT molecular complexity index is 104. The van der Waals surface area contributed by atoms with Crippen molar-refractivity contribution in [2.24, 2.45) is 0 Å². The monoisotopic (exact) mass is 148 g/mol. The van der Waals surface area contributed by atoms with Crippen LogP contribution < -0.4 is 0 Å². The zero-order chi connectivity index (χ0) is 7.72. The second-order valence-corrected chi connectivity index (χ2v) is 2.59. The van der Waals surface area contributed by atoms with Gasteiger partial charge < -0.3 is 20.1 Å². The topological polar surface area (TPSA) is 69.9 Å². The molecule has 1 rings (SSSR count). The quantitative estimate of drug-likeness (QED) is 0.405. The van der Waals surface area contributed by atoms with E-state index in [2.05, 4.69) is 0 Å². The van der Waals surface area contributed by atoms with Crippen LogP contribution in [-0.4, -0.2) is 39.9 Å². The first kappa shape index (κ1) is 7.94. The van der Waals surface area contributed by atoms with E-state index < -0.39 is 24.6 Å². The molecule has 4 nitrogen and oxygen atoms in total. The van der Waals surface area contributed by atoms with Crippen molar-refractivity contribution >= 4 is 0 Å². The first-order valence-electron chi connectivity index (χ1n) is 3.31. The molecule has 1 fully saturated rings. The van der Waals surface area contributed by atoms with Crippen LogP contribution in [0.3, 0.4) is 0 Å². The molecule has 0 amide bonds. The maximum Gasteiger partial charge on any atom is 0.157 e. The van der Waals surface area contributed by atoms with Gasteiger partial charge in [0, 0.05) is 6.42 Å². The van der Waals surface area contributed by atoms with E-state index in [-0.39, 0.29) is 6.42 Å². The van der Waals surface area contributed by atoms with Crippen molar-refractivity contribution in [2.75, 3.05) is 0 Å². The first-order valence-corrected chi connectivity index (χ1v) is 3.31. The van der Waals surface area contributed by atoms with Gasteiger partial charge >= 0.3 is 0 Å². The fraction of sp³-hybridized carbons (Fsp3) is 1.00. The molecule has 0 saturated carbocycles. The Hall–Kier alpha value is -0.160. The van der Waals surface area contributed by atoms with Crippen LogP contribution in [0.25, 0.3) is 0 Å². The molecule has 0 aliphatic carbocycles. The van der Waals surface area contributed by atoms with E-state index in [4.69, 9.17) is 20.1 Å². The van der Waals surface area contributed by atoms with E-state index in [1.54, 1.807) is 6.92 Å². The molecule has 0 radical (unpaired) electrons. The maximum atomic E-state index is 9.08. The second-order valence-electron chi connectivity index (χ2n) is 2.59. The third-order valence-electron chi connectivity index (χ3n) is 1.69. The molecule has 3 N–H and O–H groups in total. The van der Waals surface area contributed by atoms with E-state index in [0.29, 0.717) is 0 Å². The summed E-state index contributed by atoms with van der Waals surface area (Å²) >= 11 is 0. The Kier molecular flexibility index (Phi) is 2.25. The van der Waals surface area contributed by atoms with Gasteiger partial charge in [-0.25, -0.2) is 0 Å². The van der Waals surface area contributed by atoms with Crippen LogP contribution in [0.15, 0.2) is 0 Å². The van der Waals surface area contributed by atoms with E-state index in [9.17, 15) is 0 Å². The lowest BCUT2D eigenvalue weighted by atomic mass is 10.0. The highest BCUT2D eigenvalue weighted by Gasteiger charge is 2.32. The molecule has 0 aromatic rings. The van der Waals surface area contributed by atoms with Gasteiger partial charge in [0.05, 0.1) is 12.2 Å². The molecule has 0 unspecified atom stereocenters. The summed E-state index contributed by atoms with van der Waals surface area (Å²) in [5.74, 6) is 0. The first-order chi connectivity index (χ1) is 4.61. The Morgan fingerprint density at radius 1 is 1.30 bits per heavy atom. The van der Waals surface area contributed by atoms with Gasteiger partial charge in [-0.1, -0.05) is 0 Å². The van der Waals surface area contributed by atoms with E-state index in [1.165, 1.54) is 0 Å². The summed E-state index contributed by atoms with van der Waals surface area (Å²) < 4.78 is 4.81. The van der Waals surface area contributed by atoms with Gasteiger partial charge in [0.1, 0.15) is 6.10 Å². The SMILES string of the molecule is C[C@H]1O[C@@H](O)C[C@@H](O)[C@H]1O. The molecule has 4 atom stereocenters. The third-order valence-corrected chi connectivity index (χ3v) is 1.69. The lowest BCUT2D eigenvalue weighted by molar-refractivity contribution is -0.226. The van der Waals surface area contributed by atoms with Gasteiger partial charge in [-0.2, -0.15) is 0 Å². The molecule has 60 valence electrons. The minimum absolute atomic E-state index is 0.0888. The van der Waals surface area contributed by atoms with E-state index in [1.807, 2.05) is 0 Å². The predicted octanol–water partition coefficient (Wildman–Crippen LogP) is -1.16. The Morgan fingerprint density at radius 3 is 2.40 bits per heavy atom. The van der Waals surface area contributed by atoms with Crippen molar-refractivity contribution < 1.29 is 20.1 Å². The minimum atomic E-state index is -0.937. The lowest BCUT2D eigenvalue weighted by Gasteiger charge is -2.32. The average molecular weight is 148 g/mol. The summed E-state index contributed by atoms with van der Waals surface area (Å²) in [5.41, 5.74) is 0. The normalized spacial score (nSPS) is 49.2. The number of ether oxygens (including phenoxy) is 1. The van der Waals surface area contributed by atoms with Crippen molar-refractivity contribution in [3.05, 3.63) is 0 Å². The zero-order valence-corrected chi connectivity index (χ0v) is 5.77. The van der Waals surface area contributed by atoms with E-state index in [0.717, 1.165) is 0 Å². The van der Waals surface area contributed by atoms with Gasteiger partial charge in [0.2, 0.25) is 0 Å². The molecular weight excluding hydrogens is 136 g/mol. The van der Waals surface area contributed by atoms with Crippen LogP contribution in [0.2, 0.25) is 0 Å². The number of hydrogen-bond donors (Lipinski definition) is 3. The Morgan fingerprint density at radius 2 is 1.90 bits per heavy atom. The molecule has 1 heterocycles. The molecule has 1 aliphatic heterocycles. The summed E-state index contributed by atoms with van der Waals surface area (Å²) in [6, 6.07) is 0. The van der Waals surface area contributed by atoms with Crippen LogP contribution in [0.4, 0.5) is 0 Å².